The van der Waals surface area contributed by atoms with Crippen LogP contribution in [0.2, 0.25) is 0 Å². The van der Waals surface area contributed by atoms with Crippen LogP contribution in [-0.4, -0.2) is 33.6 Å². The largest absolute Gasteiger partial charge is 0.393 e. The molecule has 14 heavy (non-hydrogen) atoms. The van der Waals surface area contributed by atoms with Crippen molar-refractivity contribution in [2.75, 3.05) is 0 Å². The fourth-order valence-electron chi connectivity index (χ4n) is 1.63. The molecule has 3 nitrogen and oxygen atoms in total. The summed E-state index contributed by atoms with van der Waals surface area (Å²) in [5, 5.41) is 28.4. The molecule has 3 N–H and O–H groups in total. The first-order valence-corrected chi connectivity index (χ1v) is 5.64. The molecule has 0 aliphatic rings. The minimum Gasteiger partial charge on any atom is -0.393 e. The standard InChI is InChI=1S/C11H24O3/c1-3-5-9(12)7-11(14)8-10(13)6-4-2/h9-14H,3-8H2,1-2H3/t9-,10-/m0/s1. The van der Waals surface area contributed by atoms with E-state index in [9.17, 15) is 15.3 Å². The van der Waals surface area contributed by atoms with Gasteiger partial charge in [-0.1, -0.05) is 26.7 Å². The Hall–Kier alpha value is -0.120. The topological polar surface area (TPSA) is 60.7 Å². The van der Waals surface area contributed by atoms with E-state index in [2.05, 4.69) is 0 Å². The van der Waals surface area contributed by atoms with Crippen LogP contribution in [0, 0.1) is 0 Å². The molecule has 0 rings (SSSR count). The summed E-state index contributed by atoms with van der Waals surface area (Å²) in [5.41, 5.74) is 0. The number of rotatable bonds is 8. The van der Waals surface area contributed by atoms with Gasteiger partial charge in [0, 0.05) is 0 Å². The second kappa shape index (κ2) is 8.21. The predicted molar refractivity (Wildman–Crippen MR) is 57.1 cm³/mol. The first-order valence-electron chi connectivity index (χ1n) is 5.64. The molecule has 0 bridgehead atoms. The molecule has 2 atom stereocenters. The van der Waals surface area contributed by atoms with Gasteiger partial charge in [0.2, 0.25) is 0 Å². The Morgan fingerprint density at radius 1 is 0.714 bits per heavy atom. The van der Waals surface area contributed by atoms with Gasteiger partial charge in [-0.15, -0.1) is 0 Å². The van der Waals surface area contributed by atoms with E-state index >= 15 is 0 Å². The second-order valence-corrected chi connectivity index (χ2v) is 4.01. The lowest BCUT2D eigenvalue weighted by Crippen LogP contribution is -2.22. The maximum atomic E-state index is 9.52. The molecule has 0 unspecified atom stereocenters. The van der Waals surface area contributed by atoms with Crippen LogP contribution in [0.4, 0.5) is 0 Å². The molecule has 0 aliphatic heterocycles. The van der Waals surface area contributed by atoms with Gasteiger partial charge in [-0.05, 0) is 25.7 Å². The third-order valence-corrected chi connectivity index (χ3v) is 2.33. The SMILES string of the molecule is CCC[C@H](O)CC(O)C[C@@H](O)CCC. The van der Waals surface area contributed by atoms with Crippen molar-refractivity contribution in [2.24, 2.45) is 0 Å². The molecule has 0 fully saturated rings. The Balaban J connectivity index is 3.57. The Morgan fingerprint density at radius 3 is 1.36 bits per heavy atom. The molecule has 0 aromatic carbocycles. The molecule has 0 radical (unpaired) electrons. The summed E-state index contributed by atoms with van der Waals surface area (Å²) in [6.45, 7) is 4.00. The Kier molecular flexibility index (Phi) is 8.14. The summed E-state index contributed by atoms with van der Waals surface area (Å²) < 4.78 is 0. The second-order valence-electron chi connectivity index (χ2n) is 4.01. The first kappa shape index (κ1) is 13.9. The van der Waals surface area contributed by atoms with E-state index in [-0.39, 0.29) is 0 Å². The zero-order chi connectivity index (χ0) is 11.0. The van der Waals surface area contributed by atoms with Crippen molar-refractivity contribution in [1.82, 2.24) is 0 Å². The predicted octanol–water partition coefficient (Wildman–Crippen LogP) is 1.45. The van der Waals surface area contributed by atoms with Gasteiger partial charge in [-0.2, -0.15) is 0 Å². The summed E-state index contributed by atoms with van der Waals surface area (Å²) in [4.78, 5) is 0. The van der Waals surface area contributed by atoms with Gasteiger partial charge in [0.05, 0.1) is 18.3 Å². The Morgan fingerprint density at radius 2 is 1.07 bits per heavy atom. The van der Waals surface area contributed by atoms with Crippen molar-refractivity contribution < 1.29 is 15.3 Å². The monoisotopic (exact) mass is 204 g/mol. The van der Waals surface area contributed by atoms with E-state index in [1.165, 1.54) is 0 Å². The fourth-order valence-corrected chi connectivity index (χ4v) is 1.63. The van der Waals surface area contributed by atoms with Gasteiger partial charge >= 0.3 is 0 Å². The van der Waals surface area contributed by atoms with Gasteiger partial charge in [-0.3, -0.25) is 0 Å². The van der Waals surface area contributed by atoms with Crippen LogP contribution in [0.5, 0.6) is 0 Å². The third kappa shape index (κ3) is 7.30. The lowest BCUT2D eigenvalue weighted by Gasteiger charge is -2.17. The quantitative estimate of drug-likeness (QED) is 0.561. The van der Waals surface area contributed by atoms with Crippen LogP contribution in [0.25, 0.3) is 0 Å². The summed E-state index contributed by atoms with van der Waals surface area (Å²) in [7, 11) is 0. The van der Waals surface area contributed by atoms with E-state index in [1.54, 1.807) is 0 Å². The maximum absolute atomic E-state index is 9.52. The van der Waals surface area contributed by atoms with E-state index in [0.717, 1.165) is 25.7 Å². The number of hydrogen-bond acceptors (Lipinski definition) is 3. The van der Waals surface area contributed by atoms with E-state index < -0.39 is 18.3 Å². The molecular weight excluding hydrogens is 180 g/mol. The molecule has 0 aliphatic carbocycles. The van der Waals surface area contributed by atoms with Crippen molar-refractivity contribution in [3.63, 3.8) is 0 Å². The van der Waals surface area contributed by atoms with Crippen molar-refractivity contribution in [2.45, 2.75) is 70.7 Å². The van der Waals surface area contributed by atoms with Gasteiger partial charge in [-0.25, -0.2) is 0 Å². The zero-order valence-corrected chi connectivity index (χ0v) is 9.32. The fraction of sp³-hybridized carbons (Fsp3) is 1.00. The molecule has 3 heteroatoms. The molecule has 0 aromatic rings. The normalized spacial score (nSPS) is 15.9. The molecule has 86 valence electrons. The highest BCUT2D eigenvalue weighted by molar-refractivity contribution is 4.67. The number of aliphatic hydroxyl groups is 3. The maximum Gasteiger partial charge on any atom is 0.0589 e. The highest BCUT2D eigenvalue weighted by atomic mass is 16.3. The van der Waals surface area contributed by atoms with Crippen LogP contribution in [-0.2, 0) is 0 Å². The van der Waals surface area contributed by atoms with Crippen molar-refractivity contribution in [1.29, 1.82) is 0 Å². The lowest BCUT2D eigenvalue weighted by atomic mass is 10.0. The van der Waals surface area contributed by atoms with Crippen molar-refractivity contribution in [3.8, 4) is 0 Å². The van der Waals surface area contributed by atoms with Crippen LogP contribution in [0.1, 0.15) is 52.4 Å². The van der Waals surface area contributed by atoms with Gasteiger partial charge in [0.15, 0.2) is 0 Å². The summed E-state index contributed by atoms with van der Waals surface area (Å²) in [5.74, 6) is 0. The minimum atomic E-state index is -0.571. The van der Waals surface area contributed by atoms with Crippen molar-refractivity contribution in [3.05, 3.63) is 0 Å². The lowest BCUT2D eigenvalue weighted by molar-refractivity contribution is 0.0346. The van der Waals surface area contributed by atoms with Crippen molar-refractivity contribution >= 4 is 0 Å². The van der Waals surface area contributed by atoms with E-state index in [4.69, 9.17) is 0 Å². The van der Waals surface area contributed by atoms with Gasteiger partial charge in [0.1, 0.15) is 0 Å². The van der Waals surface area contributed by atoms with Crippen LogP contribution in [0.15, 0.2) is 0 Å². The van der Waals surface area contributed by atoms with E-state index in [0.29, 0.717) is 12.8 Å². The summed E-state index contributed by atoms with van der Waals surface area (Å²) >= 11 is 0. The highest BCUT2D eigenvalue weighted by Crippen LogP contribution is 2.11. The molecule has 0 amide bonds. The Bertz CT molecular complexity index is 114. The smallest absolute Gasteiger partial charge is 0.0589 e. The Labute approximate surface area is 86.8 Å². The molecule has 0 spiro atoms. The minimum absolute atomic E-state index is 0.384. The summed E-state index contributed by atoms with van der Waals surface area (Å²) in [6, 6.07) is 0. The molecule has 0 heterocycles. The average molecular weight is 204 g/mol. The van der Waals surface area contributed by atoms with E-state index in [1.807, 2.05) is 13.8 Å². The van der Waals surface area contributed by atoms with Gasteiger partial charge < -0.3 is 15.3 Å². The van der Waals surface area contributed by atoms with Gasteiger partial charge in [0.25, 0.3) is 0 Å². The molecule has 0 aromatic heterocycles. The number of hydrogen-bond donors (Lipinski definition) is 3. The summed E-state index contributed by atoms with van der Waals surface area (Å²) in [6.07, 6.45) is 2.63. The third-order valence-electron chi connectivity index (χ3n) is 2.33. The number of aliphatic hydroxyl groups excluding tert-OH is 3. The first-order chi connectivity index (χ1) is 6.60. The van der Waals surface area contributed by atoms with Crippen LogP contribution >= 0.6 is 0 Å². The van der Waals surface area contributed by atoms with Crippen LogP contribution in [0.3, 0.4) is 0 Å². The zero-order valence-electron chi connectivity index (χ0n) is 9.32. The molecule has 0 saturated carbocycles. The average Bonchev–Trinajstić information content (AvgIpc) is 2.03. The molecule has 0 saturated heterocycles. The molecular formula is C11H24O3. The van der Waals surface area contributed by atoms with Crippen LogP contribution < -0.4 is 0 Å². The highest BCUT2D eigenvalue weighted by Gasteiger charge is 2.14.